The Morgan fingerprint density at radius 3 is 2.25 bits per heavy atom. The van der Waals surface area contributed by atoms with E-state index in [0.717, 1.165) is 31.7 Å². The highest BCUT2D eigenvalue weighted by atomic mass is 32.1. The van der Waals surface area contributed by atoms with Crippen molar-refractivity contribution in [1.29, 1.82) is 0 Å². The third-order valence-electron chi connectivity index (χ3n) is 3.63. The Bertz CT molecular complexity index is 601. The molecule has 0 saturated heterocycles. The first kappa shape index (κ1) is 18.2. The van der Waals surface area contributed by atoms with Crippen LogP contribution < -0.4 is 20.7 Å². The number of nitrogens with one attached hydrogen (secondary N) is 3. The highest BCUT2D eigenvalue weighted by molar-refractivity contribution is 7.80. The lowest BCUT2D eigenvalue weighted by Gasteiger charge is -2.27. The molecule has 0 heterocycles. The largest absolute Gasteiger partial charge is 0.361 e. The summed E-state index contributed by atoms with van der Waals surface area (Å²) in [5, 5.41) is 6.02. The Hall–Kier alpha value is -2.11. The third-order valence-corrected chi connectivity index (χ3v) is 3.86. The molecule has 0 amide bonds. The van der Waals surface area contributed by atoms with Crippen molar-refractivity contribution in [3.63, 3.8) is 0 Å². The van der Waals surface area contributed by atoms with Crippen molar-refractivity contribution in [3.8, 4) is 0 Å². The van der Waals surface area contributed by atoms with Crippen LogP contribution in [0.5, 0.6) is 0 Å². The van der Waals surface area contributed by atoms with E-state index in [9.17, 15) is 0 Å². The number of thiocarbonyl (C=S) groups is 1. The second kappa shape index (κ2) is 9.90. The van der Waals surface area contributed by atoms with Gasteiger partial charge in [-0.15, -0.1) is 0 Å². The lowest BCUT2D eigenvalue weighted by molar-refractivity contribution is -0.858. The Balaban J connectivity index is 1.94. The van der Waals surface area contributed by atoms with Crippen molar-refractivity contribution in [1.82, 2.24) is 10.7 Å². The summed E-state index contributed by atoms with van der Waals surface area (Å²) in [5.74, 6) is 0. The molecule has 2 aromatic rings. The maximum Gasteiger partial charge on any atom is 0.185 e. The molecule has 128 valence electrons. The van der Waals surface area contributed by atoms with Gasteiger partial charge in [0, 0.05) is 13.0 Å². The Morgan fingerprint density at radius 1 is 1.00 bits per heavy atom. The molecule has 2 rings (SSSR count). The van der Waals surface area contributed by atoms with E-state index in [4.69, 9.17) is 12.2 Å². The Labute approximate surface area is 150 Å². The number of hydrazine groups is 1. The topological polar surface area (TPSA) is 31.7 Å². The van der Waals surface area contributed by atoms with E-state index in [-0.39, 0.29) is 0 Å². The van der Waals surface area contributed by atoms with E-state index in [1.165, 1.54) is 10.5 Å². The van der Waals surface area contributed by atoms with Crippen molar-refractivity contribution >= 4 is 23.0 Å². The lowest BCUT2D eigenvalue weighted by atomic mass is 10.2. The molecule has 0 aliphatic carbocycles. The molecule has 0 aliphatic rings. The first-order valence-electron chi connectivity index (χ1n) is 8.35. The fourth-order valence-electron chi connectivity index (χ4n) is 2.38. The molecule has 0 saturated carbocycles. The van der Waals surface area contributed by atoms with Crippen LogP contribution in [-0.4, -0.2) is 32.3 Å². The van der Waals surface area contributed by atoms with Crippen molar-refractivity contribution in [2.24, 2.45) is 0 Å². The predicted octanol–water partition coefficient (Wildman–Crippen LogP) is 1.61. The van der Waals surface area contributed by atoms with Gasteiger partial charge in [0.25, 0.3) is 0 Å². The molecule has 4 nitrogen and oxygen atoms in total. The van der Waals surface area contributed by atoms with Crippen molar-refractivity contribution in [3.05, 3.63) is 66.2 Å². The monoisotopic (exact) mass is 343 g/mol. The molecule has 0 atom stereocenters. The summed E-state index contributed by atoms with van der Waals surface area (Å²) in [5.41, 5.74) is 5.63. The number of anilines is 1. The summed E-state index contributed by atoms with van der Waals surface area (Å²) in [6.45, 7) is 2.75. The van der Waals surface area contributed by atoms with Crippen LogP contribution >= 0.6 is 12.2 Å². The van der Waals surface area contributed by atoms with Gasteiger partial charge in [-0.1, -0.05) is 48.5 Å². The first-order valence-corrected chi connectivity index (χ1v) is 8.76. The van der Waals surface area contributed by atoms with Gasteiger partial charge in [-0.05, 0) is 29.9 Å². The van der Waals surface area contributed by atoms with Gasteiger partial charge in [-0.2, -0.15) is 0 Å². The van der Waals surface area contributed by atoms with Crippen LogP contribution in [0, 0.1) is 0 Å². The lowest BCUT2D eigenvalue weighted by Crippen LogP contribution is -3.05. The van der Waals surface area contributed by atoms with Gasteiger partial charge < -0.3 is 10.2 Å². The van der Waals surface area contributed by atoms with Gasteiger partial charge in [-0.3, -0.25) is 10.4 Å². The number of para-hydroxylation sites is 1. The highest BCUT2D eigenvalue weighted by Crippen LogP contribution is 2.14. The Kier molecular flexibility index (Phi) is 7.52. The van der Waals surface area contributed by atoms with Gasteiger partial charge in [0.05, 0.1) is 32.9 Å². The number of nitrogens with zero attached hydrogens (tertiary/aromatic N) is 1. The van der Waals surface area contributed by atoms with Crippen LogP contribution in [0.2, 0.25) is 0 Å². The van der Waals surface area contributed by atoms with Crippen LogP contribution in [0.25, 0.3) is 0 Å². The van der Waals surface area contributed by atoms with Gasteiger partial charge in [-0.25, -0.2) is 0 Å². The third kappa shape index (κ3) is 6.56. The summed E-state index contributed by atoms with van der Waals surface area (Å²) < 4.78 is 0. The summed E-state index contributed by atoms with van der Waals surface area (Å²) in [6.07, 6.45) is 1.09. The van der Waals surface area contributed by atoms with E-state index < -0.39 is 0 Å². The molecule has 2 aromatic carbocycles. The van der Waals surface area contributed by atoms with Crippen LogP contribution in [0.1, 0.15) is 12.0 Å². The normalized spacial score (nSPS) is 10.5. The molecule has 3 N–H and O–H groups in total. The molecule has 24 heavy (non-hydrogen) atoms. The van der Waals surface area contributed by atoms with Crippen LogP contribution in [0.4, 0.5) is 5.69 Å². The minimum absolute atomic E-state index is 0.656. The van der Waals surface area contributed by atoms with E-state index in [0.29, 0.717) is 5.11 Å². The molecular formula is C19H27N4S+. The molecule has 0 unspecified atom stereocenters. The van der Waals surface area contributed by atoms with E-state index in [1.54, 1.807) is 0 Å². The molecular weight excluding hydrogens is 316 g/mol. The summed E-state index contributed by atoms with van der Waals surface area (Å²) in [7, 11) is 4.32. The average Bonchev–Trinajstić information content (AvgIpc) is 2.60. The number of hydrogen-bond acceptors (Lipinski definition) is 2. The quantitative estimate of drug-likeness (QED) is 0.386. The van der Waals surface area contributed by atoms with E-state index >= 15 is 0 Å². The van der Waals surface area contributed by atoms with Crippen LogP contribution in [0.15, 0.2) is 60.7 Å². The van der Waals surface area contributed by atoms with Crippen LogP contribution in [-0.2, 0) is 6.54 Å². The standard InChI is InChI=1S/C19H26N4S/c1-22(2)15-9-14-20-19(24)21-23(18-12-7-4-8-13-18)16-17-10-5-3-6-11-17/h3-8,10-13H,9,14-16H2,1-2H3,(H2,20,21,24)/p+1. The molecule has 0 aromatic heterocycles. The van der Waals surface area contributed by atoms with Gasteiger partial charge in [0.1, 0.15) is 0 Å². The number of hydrogen-bond donors (Lipinski definition) is 3. The minimum Gasteiger partial charge on any atom is -0.361 e. The molecule has 5 heteroatoms. The van der Waals surface area contributed by atoms with Gasteiger partial charge >= 0.3 is 0 Å². The zero-order valence-corrected chi connectivity index (χ0v) is 15.3. The Morgan fingerprint density at radius 2 is 1.62 bits per heavy atom. The SMILES string of the molecule is C[NH+](C)CCCNC(=S)NN(Cc1ccccc1)c1ccccc1. The zero-order valence-electron chi connectivity index (χ0n) is 14.5. The molecule has 0 spiro atoms. The number of rotatable bonds is 8. The maximum atomic E-state index is 5.45. The van der Waals surface area contributed by atoms with Crippen molar-refractivity contribution < 1.29 is 4.90 Å². The number of quaternary nitrogens is 1. The van der Waals surface area contributed by atoms with Gasteiger partial charge in [0.15, 0.2) is 5.11 Å². The smallest absolute Gasteiger partial charge is 0.185 e. The summed E-state index contributed by atoms with van der Waals surface area (Å²) >= 11 is 5.45. The molecule has 0 radical (unpaired) electrons. The maximum absolute atomic E-state index is 5.45. The second-order valence-corrected chi connectivity index (χ2v) is 6.49. The fraction of sp³-hybridized carbons (Fsp3) is 0.316. The second-order valence-electron chi connectivity index (χ2n) is 6.09. The number of benzene rings is 2. The highest BCUT2D eigenvalue weighted by Gasteiger charge is 2.08. The molecule has 0 bridgehead atoms. The van der Waals surface area contributed by atoms with Crippen molar-refractivity contribution in [2.45, 2.75) is 13.0 Å². The molecule has 0 aliphatic heterocycles. The zero-order chi connectivity index (χ0) is 17.2. The first-order chi connectivity index (χ1) is 11.6. The minimum atomic E-state index is 0.656. The predicted molar refractivity (Wildman–Crippen MR) is 105 cm³/mol. The fourth-order valence-corrected chi connectivity index (χ4v) is 2.59. The van der Waals surface area contributed by atoms with Crippen molar-refractivity contribution in [2.75, 3.05) is 32.2 Å². The van der Waals surface area contributed by atoms with E-state index in [1.807, 2.05) is 24.3 Å². The summed E-state index contributed by atoms with van der Waals surface area (Å²) in [6, 6.07) is 20.6. The van der Waals surface area contributed by atoms with Crippen LogP contribution in [0.3, 0.4) is 0 Å². The molecule has 0 fully saturated rings. The summed E-state index contributed by atoms with van der Waals surface area (Å²) in [4.78, 5) is 1.45. The average molecular weight is 344 g/mol. The van der Waals surface area contributed by atoms with Gasteiger partial charge in [0.2, 0.25) is 0 Å². The van der Waals surface area contributed by atoms with E-state index in [2.05, 4.69) is 66.2 Å².